The number of esters is 1. The second-order valence-electron chi connectivity index (χ2n) is 5.02. The Kier molecular flexibility index (Phi) is 6.03. The van der Waals surface area contributed by atoms with E-state index in [0.29, 0.717) is 12.5 Å². The lowest BCUT2D eigenvalue weighted by atomic mass is 9.99. The third kappa shape index (κ3) is 4.06. The van der Waals surface area contributed by atoms with Gasteiger partial charge in [-0.25, -0.2) is 0 Å². The molecule has 19 heavy (non-hydrogen) atoms. The van der Waals surface area contributed by atoms with E-state index in [1.165, 1.54) is 5.56 Å². The molecule has 1 aromatic rings. The van der Waals surface area contributed by atoms with Crippen molar-refractivity contribution in [2.45, 2.75) is 27.8 Å². The van der Waals surface area contributed by atoms with Gasteiger partial charge < -0.3 is 4.74 Å². The van der Waals surface area contributed by atoms with Crippen LogP contribution in [0.25, 0.3) is 0 Å². The van der Waals surface area contributed by atoms with Gasteiger partial charge in [-0.15, -0.1) is 0 Å². The van der Waals surface area contributed by atoms with Crippen molar-refractivity contribution in [1.29, 1.82) is 0 Å². The van der Waals surface area contributed by atoms with E-state index in [4.69, 9.17) is 4.74 Å². The van der Waals surface area contributed by atoms with Crippen LogP contribution in [0.2, 0.25) is 0 Å². The Morgan fingerprint density at radius 1 is 1.32 bits per heavy atom. The summed E-state index contributed by atoms with van der Waals surface area (Å²) in [5, 5.41) is 0. The molecule has 1 aliphatic rings. The van der Waals surface area contributed by atoms with E-state index in [0.717, 1.165) is 19.6 Å². The molecule has 2 rings (SSSR count). The first-order valence-corrected chi connectivity index (χ1v) is 6.63. The summed E-state index contributed by atoms with van der Waals surface area (Å²) in [5.74, 6) is 0.377. The molecule has 0 amide bonds. The highest BCUT2D eigenvalue weighted by Gasteiger charge is 2.35. The van der Waals surface area contributed by atoms with E-state index >= 15 is 0 Å². The minimum Gasteiger partial charge on any atom is -0.466 e. The second-order valence-corrected chi connectivity index (χ2v) is 5.02. The summed E-state index contributed by atoms with van der Waals surface area (Å²) in [6.45, 7) is 7.17. The van der Waals surface area contributed by atoms with Crippen molar-refractivity contribution in [2.24, 2.45) is 11.8 Å². The molecule has 1 aliphatic heterocycles. The molecule has 106 valence electrons. The molecule has 0 saturated carbocycles. The van der Waals surface area contributed by atoms with E-state index in [2.05, 4.69) is 36.1 Å². The lowest BCUT2D eigenvalue weighted by Crippen LogP contribution is -2.25. The first-order valence-electron chi connectivity index (χ1n) is 6.63. The number of rotatable bonds is 4. The van der Waals surface area contributed by atoms with Gasteiger partial charge in [-0.1, -0.05) is 44.7 Å². The topological polar surface area (TPSA) is 29.5 Å². The normalized spacial score (nSPS) is 22.8. The van der Waals surface area contributed by atoms with Crippen LogP contribution >= 0.6 is 0 Å². The molecule has 1 unspecified atom stereocenters. The summed E-state index contributed by atoms with van der Waals surface area (Å²) < 4.78 is 5.13. The zero-order chi connectivity index (χ0) is 13.0. The van der Waals surface area contributed by atoms with Crippen LogP contribution in [0.15, 0.2) is 30.3 Å². The van der Waals surface area contributed by atoms with E-state index < -0.39 is 0 Å². The lowest BCUT2D eigenvalue weighted by Gasteiger charge is -2.15. The summed E-state index contributed by atoms with van der Waals surface area (Å²) in [7, 11) is 0. The molecular formula is C16H25NO2. The van der Waals surface area contributed by atoms with Crippen molar-refractivity contribution < 1.29 is 9.53 Å². The van der Waals surface area contributed by atoms with Gasteiger partial charge in [0.15, 0.2) is 0 Å². The van der Waals surface area contributed by atoms with E-state index in [-0.39, 0.29) is 19.3 Å². The molecule has 0 spiro atoms. The van der Waals surface area contributed by atoms with Crippen LogP contribution in [0, 0.1) is 11.8 Å². The Bertz CT molecular complexity index is 391. The van der Waals surface area contributed by atoms with Crippen LogP contribution in [0.5, 0.6) is 0 Å². The molecule has 0 N–H and O–H groups in total. The van der Waals surface area contributed by atoms with Crippen LogP contribution in [-0.2, 0) is 16.1 Å². The van der Waals surface area contributed by atoms with E-state index in [1.807, 2.05) is 13.0 Å². The zero-order valence-corrected chi connectivity index (χ0v) is 11.1. The van der Waals surface area contributed by atoms with Crippen LogP contribution in [0.3, 0.4) is 0 Å². The Morgan fingerprint density at radius 2 is 2.00 bits per heavy atom. The molecule has 1 heterocycles. The predicted molar refractivity (Wildman–Crippen MR) is 77.7 cm³/mol. The molecule has 2 atom stereocenters. The zero-order valence-electron chi connectivity index (χ0n) is 11.1. The van der Waals surface area contributed by atoms with Crippen LogP contribution in [0.1, 0.15) is 26.8 Å². The van der Waals surface area contributed by atoms with Gasteiger partial charge in [0.1, 0.15) is 0 Å². The summed E-state index contributed by atoms with van der Waals surface area (Å²) in [6.07, 6.45) is 0. The Labute approximate surface area is 116 Å². The summed E-state index contributed by atoms with van der Waals surface area (Å²) in [5.41, 5.74) is 1.30. The number of hydrogen-bond acceptors (Lipinski definition) is 3. The van der Waals surface area contributed by atoms with Gasteiger partial charge in [0.05, 0.1) is 12.5 Å². The number of carbonyl (C=O) groups excluding carboxylic acids is 1. The molecule has 0 bridgehead atoms. The van der Waals surface area contributed by atoms with Crippen molar-refractivity contribution >= 4 is 5.97 Å². The van der Waals surface area contributed by atoms with E-state index in [9.17, 15) is 4.79 Å². The minimum atomic E-state index is -0.0411. The third-order valence-corrected chi connectivity index (χ3v) is 3.53. The highest BCUT2D eigenvalue weighted by atomic mass is 16.5. The molecule has 3 nitrogen and oxygen atoms in total. The minimum absolute atomic E-state index is 0. The molecule has 1 saturated heterocycles. The molecule has 0 aliphatic carbocycles. The Balaban J connectivity index is 0.00000180. The van der Waals surface area contributed by atoms with Crippen molar-refractivity contribution in [1.82, 2.24) is 4.90 Å². The maximum atomic E-state index is 11.8. The number of benzene rings is 1. The Hall–Kier alpha value is -1.35. The average Bonchev–Trinajstić information content (AvgIpc) is 2.72. The maximum absolute atomic E-state index is 11.8. The van der Waals surface area contributed by atoms with Crippen LogP contribution < -0.4 is 0 Å². The fourth-order valence-electron chi connectivity index (χ4n) is 2.59. The number of carbonyl (C=O) groups is 1. The van der Waals surface area contributed by atoms with Crippen molar-refractivity contribution in [3.8, 4) is 0 Å². The number of likely N-dealkylation sites (tertiary alicyclic amines) is 1. The molecule has 1 fully saturated rings. The predicted octanol–water partition coefficient (Wildman–Crippen LogP) is 2.95. The highest BCUT2D eigenvalue weighted by molar-refractivity contribution is 5.73. The summed E-state index contributed by atoms with van der Waals surface area (Å²) in [6, 6.07) is 10.4. The fourth-order valence-corrected chi connectivity index (χ4v) is 2.59. The highest BCUT2D eigenvalue weighted by Crippen LogP contribution is 2.25. The lowest BCUT2D eigenvalue weighted by molar-refractivity contribution is -0.148. The SMILES string of the molecule is C.CCOC(=O)C1CN(Cc2ccccc2)C[C@H]1C. The molecular weight excluding hydrogens is 238 g/mol. The molecule has 0 radical (unpaired) electrons. The standard InChI is InChI=1S/C15H21NO2.CH4/c1-3-18-15(17)14-11-16(9-12(14)2)10-13-7-5-4-6-8-13;/h4-8,12,14H,3,9-11H2,1-2H3;1H4/t12-,14?;/m1./s1. The maximum Gasteiger partial charge on any atom is 0.310 e. The second kappa shape index (κ2) is 7.29. The largest absolute Gasteiger partial charge is 0.466 e. The van der Waals surface area contributed by atoms with Gasteiger partial charge in [0.2, 0.25) is 0 Å². The first kappa shape index (κ1) is 15.7. The van der Waals surface area contributed by atoms with Gasteiger partial charge in [-0.3, -0.25) is 9.69 Å². The van der Waals surface area contributed by atoms with Crippen molar-refractivity contribution in [3.05, 3.63) is 35.9 Å². The average molecular weight is 263 g/mol. The van der Waals surface area contributed by atoms with Crippen molar-refractivity contribution in [2.75, 3.05) is 19.7 Å². The van der Waals surface area contributed by atoms with Gasteiger partial charge in [0, 0.05) is 19.6 Å². The molecule has 0 aromatic heterocycles. The van der Waals surface area contributed by atoms with Crippen molar-refractivity contribution in [3.63, 3.8) is 0 Å². The van der Waals surface area contributed by atoms with E-state index in [1.54, 1.807) is 0 Å². The third-order valence-electron chi connectivity index (χ3n) is 3.53. The van der Waals surface area contributed by atoms with Crippen LogP contribution in [0.4, 0.5) is 0 Å². The van der Waals surface area contributed by atoms with Crippen LogP contribution in [-0.4, -0.2) is 30.6 Å². The monoisotopic (exact) mass is 263 g/mol. The summed E-state index contributed by atoms with van der Waals surface area (Å²) >= 11 is 0. The van der Waals surface area contributed by atoms with Gasteiger partial charge >= 0.3 is 5.97 Å². The summed E-state index contributed by atoms with van der Waals surface area (Å²) in [4.78, 5) is 14.1. The first-order chi connectivity index (χ1) is 8.70. The van der Waals surface area contributed by atoms with Gasteiger partial charge in [-0.05, 0) is 18.4 Å². The van der Waals surface area contributed by atoms with Gasteiger partial charge in [-0.2, -0.15) is 0 Å². The fraction of sp³-hybridized carbons (Fsp3) is 0.562. The number of nitrogens with zero attached hydrogens (tertiary/aromatic N) is 1. The Morgan fingerprint density at radius 3 is 2.63 bits per heavy atom. The number of ether oxygens (including phenoxy) is 1. The smallest absolute Gasteiger partial charge is 0.310 e. The quantitative estimate of drug-likeness (QED) is 0.782. The molecule has 3 heteroatoms. The number of hydrogen-bond donors (Lipinski definition) is 0. The van der Waals surface area contributed by atoms with Gasteiger partial charge in [0.25, 0.3) is 0 Å². The molecule has 1 aromatic carbocycles.